The molecular weight excluding hydrogens is 417 g/mol. The van der Waals surface area contributed by atoms with Gasteiger partial charge in [0.25, 0.3) is 0 Å². The van der Waals surface area contributed by atoms with E-state index in [1.807, 2.05) is 4.57 Å². The highest BCUT2D eigenvalue weighted by Crippen LogP contribution is 2.35. The van der Waals surface area contributed by atoms with E-state index >= 15 is 0 Å². The Balaban J connectivity index is 1.76. The Kier molecular flexibility index (Phi) is 5.14. The fourth-order valence-corrected chi connectivity index (χ4v) is 3.57. The van der Waals surface area contributed by atoms with Gasteiger partial charge in [-0.2, -0.15) is 13.2 Å². The summed E-state index contributed by atoms with van der Waals surface area (Å²) in [4.78, 5) is 13.7. The Morgan fingerprint density at radius 2 is 1.90 bits per heavy atom. The maximum atomic E-state index is 13.2. The van der Waals surface area contributed by atoms with Crippen LogP contribution in [0, 0.1) is 5.41 Å². The summed E-state index contributed by atoms with van der Waals surface area (Å²) < 4.78 is 41.4. The normalized spacial score (nSPS) is 15.4. The highest BCUT2D eigenvalue weighted by atomic mass is 35.5. The van der Waals surface area contributed by atoms with Gasteiger partial charge in [0, 0.05) is 30.2 Å². The van der Waals surface area contributed by atoms with Crippen molar-refractivity contribution in [3.05, 3.63) is 40.8 Å². The van der Waals surface area contributed by atoms with Crippen LogP contribution < -0.4 is 10.6 Å². The van der Waals surface area contributed by atoms with Crippen molar-refractivity contribution in [1.29, 1.82) is 0 Å². The second kappa shape index (κ2) is 7.39. The molecule has 1 aromatic carbocycles. The van der Waals surface area contributed by atoms with Gasteiger partial charge >= 0.3 is 6.18 Å². The van der Waals surface area contributed by atoms with Crippen LogP contribution in [0.4, 0.5) is 24.8 Å². The molecule has 0 spiro atoms. The van der Waals surface area contributed by atoms with Crippen LogP contribution in [0.5, 0.6) is 0 Å². The van der Waals surface area contributed by atoms with Gasteiger partial charge < -0.3 is 10.6 Å². The largest absolute Gasteiger partial charge is 0.416 e. The molecule has 3 aromatic rings. The maximum Gasteiger partial charge on any atom is 0.416 e. The third-order valence-electron chi connectivity index (χ3n) is 4.78. The van der Waals surface area contributed by atoms with Gasteiger partial charge in [0.15, 0.2) is 5.65 Å². The first-order chi connectivity index (χ1) is 14.0. The lowest BCUT2D eigenvalue weighted by Crippen LogP contribution is -2.43. The molecule has 1 aliphatic heterocycles. The summed E-state index contributed by atoms with van der Waals surface area (Å²) in [6.45, 7) is 7.78. The SMILES string of the molecule is CC(C)(C)Cc1ncc2nc(Nc3cc(Cl)cc(C(F)(F)F)c3)n(C3CNC3)c2n1. The van der Waals surface area contributed by atoms with Crippen molar-refractivity contribution in [1.82, 2.24) is 24.8 Å². The lowest BCUT2D eigenvalue weighted by Gasteiger charge is -2.30. The molecule has 1 aliphatic rings. The Morgan fingerprint density at radius 1 is 1.17 bits per heavy atom. The molecule has 0 atom stereocenters. The van der Waals surface area contributed by atoms with E-state index in [0.29, 0.717) is 29.4 Å². The minimum Gasteiger partial charge on any atom is -0.325 e. The number of anilines is 2. The zero-order valence-electron chi connectivity index (χ0n) is 16.8. The molecule has 2 aromatic heterocycles. The molecule has 1 fully saturated rings. The smallest absolute Gasteiger partial charge is 0.325 e. The first-order valence-corrected chi connectivity index (χ1v) is 9.97. The highest BCUT2D eigenvalue weighted by Gasteiger charge is 2.32. The highest BCUT2D eigenvalue weighted by molar-refractivity contribution is 6.31. The van der Waals surface area contributed by atoms with Crippen LogP contribution in [0.25, 0.3) is 11.2 Å². The van der Waals surface area contributed by atoms with E-state index in [0.717, 1.165) is 25.2 Å². The summed E-state index contributed by atoms with van der Waals surface area (Å²) in [6.07, 6.45) is -2.13. The summed E-state index contributed by atoms with van der Waals surface area (Å²) in [6, 6.07) is 3.45. The minimum atomic E-state index is -4.49. The zero-order chi connectivity index (χ0) is 21.7. The van der Waals surface area contributed by atoms with E-state index in [1.54, 1.807) is 6.20 Å². The van der Waals surface area contributed by atoms with Gasteiger partial charge in [-0.3, -0.25) is 4.57 Å². The Labute approximate surface area is 176 Å². The van der Waals surface area contributed by atoms with Gasteiger partial charge in [-0.25, -0.2) is 15.0 Å². The van der Waals surface area contributed by atoms with Gasteiger partial charge in [0.1, 0.15) is 11.3 Å². The van der Waals surface area contributed by atoms with Crippen LogP contribution in [0.15, 0.2) is 24.4 Å². The number of hydrogen-bond acceptors (Lipinski definition) is 5. The molecule has 1 saturated heterocycles. The molecular formula is C20H22ClF3N6. The first-order valence-electron chi connectivity index (χ1n) is 9.59. The number of alkyl halides is 3. The van der Waals surface area contributed by atoms with Crippen molar-refractivity contribution in [3.8, 4) is 0 Å². The van der Waals surface area contributed by atoms with Gasteiger partial charge in [-0.1, -0.05) is 32.4 Å². The van der Waals surface area contributed by atoms with Crippen LogP contribution in [-0.4, -0.2) is 32.6 Å². The lowest BCUT2D eigenvalue weighted by atomic mass is 9.92. The second-order valence-electron chi connectivity index (χ2n) is 8.70. The summed E-state index contributed by atoms with van der Waals surface area (Å²) >= 11 is 5.92. The molecule has 10 heteroatoms. The van der Waals surface area contributed by atoms with E-state index in [-0.39, 0.29) is 22.2 Å². The number of nitrogens with one attached hydrogen (secondary N) is 2. The molecule has 6 nitrogen and oxygen atoms in total. The first kappa shape index (κ1) is 20.9. The predicted octanol–water partition coefficient (Wildman–Crippen LogP) is 4.98. The van der Waals surface area contributed by atoms with E-state index in [1.165, 1.54) is 6.07 Å². The molecule has 2 N–H and O–H groups in total. The quantitative estimate of drug-likeness (QED) is 0.601. The summed E-state index contributed by atoms with van der Waals surface area (Å²) in [5.41, 5.74) is 0.655. The number of imidazole rings is 1. The lowest BCUT2D eigenvalue weighted by molar-refractivity contribution is -0.137. The van der Waals surface area contributed by atoms with Crippen molar-refractivity contribution in [3.63, 3.8) is 0 Å². The third kappa shape index (κ3) is 4.37. The van der Waals surface area contributed by atoms with Crippen molar-refractivity contribution in [2.45, 2.75) is 39.4 Å². The molecule has 30 heavy (non-hydrogen) atoms. The van der Waals surface area contributed by atoms with Gasteiger partial charge in [0.05, 0.1) is 17.8 Å². The maximum absolute atomic E-state index is 13.2. The number of aromatic nitrogens is 4. The topological polar surface area (TPSA) is 67.7 Å². The minimum absolute atomic E-state index is 0.00690. The molecule has 0 bridgehead atoms. The van der Waals surface area contributed by atoms with Crippen LogP contribution in [-0.2, 0) is 12.6 Å². The molecule has 160 valence electrons. The summed E-state index contributed by atoms with van der Waals surface area (Å²) in [5.74, 6) is 1.12. The van der Waals surface area contributed by atoms with Gasteiger partial charge in [-0.15, -0.1) is 0 Å². The Morgan fingerprint density at radius 3 is 2.50 bits per heavy atom. The average Bonchev–Trinajstić information content (AvgIpc) is 2.88. The standard InChI is InChI=1S/C20H22ClF3N6/c1-19(2,3)7-16-26-10-15-17(29-16)30(14-8-25-9-14)18(28-15)27-13-5-11(20(22,23)24)4-12(21)6-13/h4-6,10,14,25H,7-9H2,1-3H3,(H,27,28). The fourth-order valence-electron chi connectivity index (χ4n) is 3.33. The number of benzene rings is 1. The molecule has 0 amide bonds. The molecule has 3 heterocycles. The molecule has 0 unspecified atom stereocenters. The number of hydrogen-bond donors (Lipinski definition) is 2. The van der Waals surface area contributed by atoms with Crippen LogP contribution in [0.1, 0.15) is 38.2 Å². The van der Waals surface area contributed by atoms with Gasteiger partial charge in [-0.05, 0) is 23.6 Å². The van der Waals surface area contributed by atoms with Crippen molar-refractivity contribution >= 4 is 34.4 Å². The van der Waals surface area contributed by atoms with Crippen LogP contribution in [0.3, 0.4) is 0 Å². The molecule has 0 aliphatic carbocycles. The van der Waals surface area contributed by atoms with Crippen LogP contribution >= 0.6 is 11.6 Å². The zero-order valence-corrected chi connectivity index (χ0v) is 17.6. The number of halogens is 4. The molecule has 0 saturated carbocycles. The second-order valence-corrected chi connectivity index (χ2v) is 9.14. The molecule has 4 rings (SSSR count). The van der Waals surface area contributed by atoms with Crippen molar-refractivity contribution < 1.29 is 13.2 Å². The Hall–Kier alpha value is -2.39. The van der Waals surface area contributed by atoms with E-state index in [9.17, 15) is 13.2 Å². The van der Waals surface area contributed by atoms with Gasteiger partial charge in [0.2, 0.25) is 5.95 Å². The third-order valence-corrected chi connectivity index (χ3v) is 5.00. The number of rotatable bonds is 4. The summed E-state index contributed by atoms with van der Waals surface area (Å²) in [5, 5.41) is 6.20. The number of fused-ring (bicyclic) bond motifs is 1. The fraction of sp³-hybridized carbons (Fsp3) is 0.450. The Bertz CT molecular complexity index is 1080. The average molecular weight is 439 g/mol. The van der Waals surface area contributed by atoms with Crippen molar-refractivity contribution in [2.24, 2.45) is 5.41 Å². The predicted molar refractivity (Wildman–Crippen MR) is 110 cm³/mol. The van der Waals surface area contributed by atoms with Crippen molar-refractivity contribution in [2.75, 3.05) is 18.4 Å². The van der Waals surface area contributed by atoms with Crippen LogP contribution in [0.2, 0.25) is 5.02 Å². The monoisotopic (exact) mass is 438 g/mol. The van der Waals surface area contributed by atoms with E-state index in [4.69, 9.17) is 16.6 Å². The van der Waals surface area contributed by atoms with E-state index in [2.05, 4.69) is 41.4 Å². The summed E-state index contributed by atoms with van der Waals surface area (Å²) in [7, 11) is 0. The number of nitrogens with zero attached hydrogens (tertiary/aromatic N) is 4. The van der Waals surface area contributed by atoms with E-state index < -0.39 is 11.7 Å². The molecule has 0 radical (unpaired) electrons.